The molecule has 0 aliphatic rings. The van der Waals surface area contributed by atoms with Crippen molar-refractivity contribution in [2.24, 2.45) is 10.9 Å². The van der Waals surface area contributed by atoms with E-state index in [1.54, 1.807) is 6.26 Å². The highest BCUT2D eigenvalue weighted by atomic mass is 16.3. The van der Waals surface area contributed by atoms with Crippen LogP contribution in [-0.4, -0.2) is 25.1 Å². The molecule has 2 rings (SSSR count). The lowest BCUT2D eigenvalue weighted by Crippen LogP contribution is -2.44. The Kier molecular flexibility index (Phi) is 7.21. The van der Waals surface area contributed by atoms with Crippen LogP contribution in [0.15, 0.2) is 58.1 Å². The fourth-order valence-electron chi connectivity index (χ4n) is 2.31. The maximum Gasteiger partial charge on any atom is 0.191 e. The van der Waals surface area contributed by atoms with Crippen LogP contribution in [0.1, 0.15) is 26.5 Å². The van der Waals surface area contributed by atoms with Crippen LogP contribution in [0.3, 0.4) is 0 Å². The van der Waals surface area contributed by atoms with E-state index in [9.17, 15) is 0 Å². The van der Waals surface area contributed by atoms with Crippen molar-refractivity contribution in [1.82, 2.24) is 10.6 Å². The van der Waals surface area contributed by atoms with E-state index in [0.717, 1.165) is 30.5 Å². The first-order valence-electron chi connectivity index (χ1n) is 8.55. The molecule has 5 nitrogen and oxygen atoms in total. The summed E-state index contributed by atoms with van der Waals surface area (Å²) in [5.41, 5.74) is 1.13. The molecule has 1 aromatic heterocycles. The summed E-state index contributed by atoms with van der Waals surface area (Å²) in [5.74, 6) is 2.15. The molecule has 2 aromatic rings. The van der Waals surface area contributed by atoms with Crippen molar-refractivity contribution < 1.29 is 4.42 Å². The molecule has 0 spiro atoms. The highest BCUT2D eigenvalue weighted by Gasteiger charge is 2.13. The van der Waals surface area contributed by atoms with Gasteiger partial charge in [-0.25, -0.2) is 4.99 Å². The highest BCUT2D eigenvalue weighted by Crippen LogP contribution is 2.11. The van der Waals surface area contributed by atoms with Gasteiger partial charge in [0.25, 0.3) is 0 Å². The number of benzene rings is 1. The van der Waals surface area contributed by atoms with Gasteiger partial charge < -0.3 is 20.4 Å². The molecular formula is C19H28N4O. The normalized spacial score (nSPS) is 12.9. The zero-order valence-electron chi connectivity index (χ0n) is 14.8. The first-order valence-corrected chi connectivity index (χ1v) is 8.55. The van der Waals surface area contributed by atoms with Gasteiger partial charge in [-0.1, -0.05) is 32.0 Å². The lowest BCUT2D eigenvalue weighted by Gasteiger charge is -2.25. The van der Waals surface area contributed by atoms with Crippen molar-refractivity contribution in [2.45, 2.75) is 33.4 Å². The number of para-hydroxylation sites is 1. The number of nitrogens with zero attached hydrogens (tertiary/aromatic N) is 1. The molecule has 0 aliphatic heterocycles. The number of rotatable bonds is 8. The first kappa shape index (κ1) is 17.9. The van der Waals surface area contributed by atoms with Crippen LogP contribution in [0.25, 0.3) is 0 Å². The van der Waals surface area contributed by atoms with Crippen LogP contribution in [0.2, 0.25) is 0 Å². The molecular weight excluding hydrogens is 300 g/mol. The summed E-state index contributed by atoms with van der Waals surface area (Å²) in [5, 5.41) is 10.3. The standard InChI is InChI=1S/C19H28N4O/c1-4-20-19(21-13-17-11-8-12-24-17)22-14-18(15(2)3)23-16-9-6-5-7-10-16/h5-12,15,18,23H,4,13-14H2,1-3H3,(H2,20,21,22). The Morgan fingerprint density at radius 2 is 1.88 bits per heavy atom. The van der Waals surface area contributed by atoms with Crippen molar-refractivity contribution >= 4 is 11.6 Å². The predicted octanol–water partition coefficient (Wildman–Crippen LogP) is 3.47. The molecule has 1 unspecified atom stereocenters. The van der Waals surface area contributed by atoms with Crippen LogP contribution in [0.5, 0.6) is 0 Å². The quantitative estimate of drug-likeness (QED) is 0.513. The molecule has 1 aromatic carbocycles. The van der Waals surface area contributed by atoms with Gasteiger partial charge in [0, 0.05) is 24.8 Å². The van der Waals surface area contributed by atoms with E-state index in [0.29, 0.717) is 18.5 Å². The summed E-state index contributed by atoms with van der Waals surface area (Å²) in [4.78, 5) is 4.57. The molecule has 0 bridgehead atoms. The van der Waals surface area contributed by atoms with Gasteiger partial charge in [0.1, 0.15) is 12.3 Å². The minimum atomic E-state index is 0.305. The molecule has 3 N–H and O–H groups in total. The maximum absolute atomic E-state index is 5.33. The second-order valence-corrected chi connectivity index (χ2v) is 6.02. The Labute approximate surface area is 144 Å². The van der Waals surface area contributed by atoms with E-state index in [1.165, 1.54) is 0 Å². The van der Waals surface area contributed by atoms with E-state index in [1.807, 2.05) is 30.3 Å². The monoisotopic (exact) mass is 328 g/mol. The number of nitrogens with one attached hydrogen (secondary N) is 3. The van der Waals surface area contributed by atoms with Gasteiger partial charge in [-0.05, 0) is 37.1 Å². The third-order valence-electron chi connectivity index (χ3n) is 3.74. The largest absolute Gasteiger partial charge is 0.467 e. The van der Waals surface area contributed by atoms with Crippen molar-refractivity contribution in [1.29, 1.82) is 0 Å². The molecule has 0 saturated heterocycles. The van der Waals surface area contributed by atoms with Crippen LogP contribution in [0.4, 0.5) is 5.69 Å². The smallest absolute Gasteiger partial charge is 0.191 e. The number of hydrogen-bond acceptors (Lipinski definition) is 3. The number of aliphatic imine (C=N–C) groups is 1. The molecule has 1 heterocycles. The van der Waals surface area contributed by atoms with E-state index in [4.69, 9.17) is 4.42 Å². The third kappa shape index (κ3) is 5.99. The predicted molar refractivity (Wildman–Crippen MR) is 100 cm³/mol. The van der Waals surface area contributed by atoms with Crippen LogP contribution < -0.4 is 16.0 Å². The zero-order chi connectivity index (χ0) is 17.2. The minimum absolute atomic E-state index is 0.305. The summed E-state index contributed by atoms with van der Waals surface area (Å²) in [7, 11) is 0. The second-order valence-electron chi connectivity index (χ2n) is 6.02. The number of furan rings is 1. The van der Waals surface area contributed by atoms with Gasteiger partial charge >= 0.3 is 0 Å². The molecule has 24 heavy (non-hydrogen) atoms. The van der Waals surface area contributed by atoms with Crippen molar-refractivity contribution in [3.05, 3.63) is 54.5 Å². The molecule has 1 atom stereocenters. The van der Waals surface area contributed by atoms with Gasteiger partial charge in [-0.2, -0.15) is 0 Å². The van der Waals surface area contributed by atoms with Gasteiger partial charge in [0.2, 0.25) is 0 Å². The third-order valence-corrected chi connectivity index (χ3v) is 3.74. The molecule has 0 amide bonds. The van der Waals surface area contributed by atoms with E-state index in [2.05, 4.69) is 53.8 Å². The van der Waals surface area contributed by atoms with Crippen molar-refractivity contribution in [3.8, 4) is 0 Å². The lowest BCUT2D eigenvalue weighted by molar-refractivity contribution is 0.506. The summed E-state index contributed by atoms with van der Waals surface area (Å²) in [6.07, 6.45) is 1.67. The number of hydrogen-bond donors (Lipinski definition) is 3. The van der Waals surface area contributed by atoms with Crippen LogP contribution in [0, 0.1) is 5.92 Å². The fourth-order valence-corrected chi connectivity index (χ4v) is 2.31. The van der Waals surface area contributed by atoms with Crippen LogP contribution >= 0.6 is 0 Å². The summed E-state index contributed by atoms with van der Waals surface area (Å²) in [6.45, 7) is 8.64. The number of anilines is 1. The average Bonchev–Trinajstić information content (AvgIpc) is 3.10. The molecule has 0 fully saturated rings. The SMILES string of the molecule is CCNC(=NCc1ccco1)NCC(Nc1ccccc1)C(C)C. The first-order chi connectivity index (χ1) is 11.7. The van der Waals surface area contributed by atoms with E-state index < -0.39 is 0 Å². The average molecular weight is 328 g/mol. The number of guanidine groups is 1. The summed E-state index contributed by atoms with van der Waals surface area (Å²) >= 11 is 0. The van der Waals surface area contributed by atoms with Crippen molar-refractivity contribution in [2.75, 3.05) is 18.4 Å². The van der Waals surface area contributed by atoms with Gasteiger partial charge in [0.05, 0.1) is 6.26 Å². The zero-order valence-corrected chi connectivity index (χ0v) is 14.8. The van der Waals surface area contributed by atoms with Gasteiger partial charge in [-0.3, -0.25) is 0 Å². The molecule has 0 saturated carbocycles. The summed E-state index contributed by atoms with van der Waals surface area (Å²) < 4.78 is 5.33. The van der Waals surface area contributed by atoms with Crippen molar-refractivity contribution in [3.63, 3.8) is 0 Å². The van der Waals surface area contributed by atoms with E-state index in [-0.39, 0.29) is 0 Å². The fraction of sp³-hybridized carbons (Fsp3) is 0.421. The minimum Gasteiger partial charge on any atom is -0.467 e. The van der Waals surface area contributed by atoms with E-state index >= 15 is 0 Å². The Morgan fingerprint density at radius 3 is 2.50 bits per heavy atom. The molecule has 0 aliphatic carbocycles. The Morgan fingerprint density at radius 1 is 1.08 bits per heavy atom. The van der Waals surface area contributed by atoms with Crippen LogP contribution in [-0.2, 0) is 6.54 Å². The lowest BCUT2D eigenvalue weighted by atomic mass is 10.0. The molecule has 130 valence electrons. The maximum atomic E-state index is 5.33. The Bertz CT molecular complexity index is 593. The Hall–Kier alpha value is -2.43. The molecule has 0 radical (unpaired) electrons. The Balaban J connectivity index is 1.93. The molecule has 5 heteroatoms. The summed E-state index contributed by atoms with van der Waals surface area (Å²) in [6, 6.07) is 14.4. The van der Waals surface area contributed by atoms with Gasteiger partial charge in [-0.15, -0.1) is 0 Å². The van der Waals surface area contributed by atoms with Gasteiger partial charge in [0.15, 0.2) is 5.96 Å². The topological polar surface area (TPSA) is 61.6 Å². The second kappa shape index (κ2) is 9.65. The highest BCUT2D eigenvalue weighted by molar-refractivity contribution is 5.79.